The monoisotopic (exact) mass is 313 g/mol. The maximum absolute atomic E-state index is 12.0. The van der Waals surface area contributed by atoms with Crippen LogP contribution in [0, 0.1) is 6.92 Å². The number of aromatic nitrogens is 2. The van der Waals surface area contributed by atoms with E-state index < -0.39 is 11.4 Å². The number of hydrogen-bond donors (Lipinski definition) is 1. The van der Waals surface area contributed by atoms with Crippen LogP contribution >= 0.6 is 15.9 Å². The van der Waals surface area contributed by atoms with Crippen LogP contribution in [-0.2, 0) is 18.4 Å². The average Bonchev–Trinajstić information content (AvgIpc) is 2.62. The SMILES string of the molecule is Cc1c(N[S+]([O-])c2ccc(Br)cc2)cnn1C. The molecule has 1 unspecified atom stereocenters. The Hall–Kier alpha value is -0.980. The van der Waals surface area contributed by atoms with Crippen LogP contribution in [-0.4, -0.2) is 14.3 Å². The van der Waals surface area contributed by atoms with Gasteiger partial charge in [-0.25, -0.2) is 0 Å². The van der Waals surface area contributed by atoms with Crippen LogP contribution in [0.1, 0.15) is 5.69 Å². The Morgan fingerprint density at radius 2 is 2.00 bits per heavy atom. The third kappa shape index (κ3) is 2.83. The highest BCUT2D eigenvalue weighted by Crippen LogP contribution is 2.20. The first-order chi connectivity index (χ1) is 8.08. The van der Waals surface area contributed by atoms with Crippen LogP contribution in [0.2, 0.25) is 0 Å². The summed E-state index contributed by atoms with van der Waals surface area (Å²) in [5.41, 5.74) is 1.74. The van der Waals surface area contributed by atoms with E-state index in [4.69, 9.17) is 0 Å². The lowest BCUT2D eigenvalue weighted by Crippen LogP contribution is -2.13. The lowest BCUT2D eigenvalue weighted by Gasteiger charge is -2.10. The fourth-order valence-corrected chi connectivity index (χ4v) is 2.48. The highest BCUT2D eigenvalue weighted by molar-refractivity contribution is 9.10. The molecule has 0 radical (unpaired) electrons. The van der Waals surface area contributed by atoms with E-state index in [0.29, 0.717) is 0 Å². The third-order valence-corrected chi connectivity index (χ3v) is 4.10. The number of hydrogen-bond acceptors (Lipinski definition) is 3. The zero-order chi connectivity index (χ0) is 12.4. The summed E-state index contributed by atoms with van der Waals surface area (Å²) >= 11 is 2.08. The summed E-state index contributed by atoms with van der Waals surface area (Å²) in [6, 6.07) is 7.37. The first-order valence-electron chi connectivity index (χ1n) is 5.00. The number of benzene rings is 1. The molecule has 0 aliphatic rings. The molecule has 90 valence electrons. The Kier molecular flexibility index (Phi) is 3.76. The van der Waals surface area contributed by atoms with E-state index >= 15 is 0 Å². The van der Waals surface area contributed by atoms with Gasteiger partial charge in [-0.15, -0.1) is 0 Å². The van der Waals surface area contributed by atoms with Crippen LogP contribution < -0.4 is 4.72 Å². The Balaban J connectivity index is 2.14. The summed E-state index contributed by atoms with van der Waals surface area (Å²) < 4.78 is 17.7. The van der Waals surface area contributed by atoms with Crippen molar-refractivity contribution in [2.75, 3.05) is 4.72 Å². The van der Waals surface area contributed by atoms with Gasteiger partial charge in [-0.1, -0.05) is 15.9 Å². The fourth-order valence-electron chi connectivity index (χ4n) is 1.32. The fraction of sp³-hybridized carbons (Fsp3) is 0.182. The van der Waals surface area contributed by atoms with Crippen molar-refractivity contribution in [2.24, 2.45) is 7.05 Å². The Labute approximate surface area is 111 Å². The van der Waals surface area contributed by atoms with Crippen LogP contribution in [0.3, 0.4) is 0 Å². The summed E-state index contributed by atoms with van der Waals surface area (Å²) in [4.78, 5) is 0.733. The van der Waals surface area contributed by atoms with Gasteiger partial charge in [-0.2, -0.15) is 9.82 Å². The summed E-state index contributed by atoms with van der Waals surface area (Å²) in [6.07, 6.45) is 1.67. The molecule has 4 nitrogen and oxygen atoms in total. The maximum atomic E-state index is 12.0. The molecule has 0 fully saturated rings. The summed E-state index contributed by atoms with van der Waals surface area (Å²) in [5.74, 6) is 0. The van der Waals surface area contributed by atoms with Crippen molar-refractivity contribution >= 4 is 33.0 Å². The van der Waals surface area contributed by atoms with E-state index in [0.717, 1.165) is 20.7 Å². The molecule has 6 heteroatoms. The molecule has 1 aromatic heterocycles. The molecule has 0 aliphatic carbocycles. The van der Waals surface area contributed by atoms with Gasteiger partial charge in [-0.3, -0.25) is 4.68 Å². The number of halogens is 1. The molecule has 1 aromatic carbocycles. The van der Waals surface area contributed by atoms with Crippen molar-refractivity contribution in [3.63, 3.8) is 0 Å². The smallest absolute Gasteiger partial charge is 0.179 e. The van der Waals surface area contributed by atoms with Crippen LogP contribution in [0.25, 0.3) is 0 Å². The zero-order valence-corrected chi connectivity index (χ0v) is 11.9. The van der Waals surface area contributed by atoms with Crippen molar-refractivity contribution in [3.05, 3.63) is 40.6 Å². The predicted molar refractivity (Wildman–Crippen MR) is 72.1 cm³/mol. The molecule has 0 bridgehead atoms. The van der Waals surface area contributed by atoms with E-state index in [-0.39, 0.29) is 0 Å². The van der Waals surface area contributed by atoms with Gasteiger partial charge < -0.3 is 4.55 Å². The van der Waals surface area contributed by atoms with E-state index in [1.165, 1.54) is 0 Å². The molecular formula is C11H12BrN3OS. The van der Waals surface area contributed by atoms with Gasteiger partial charge in [0.2, 0.25) is 0 Å². The molecule has 17 heavy (non-hydrogen) atoms. The van der Waals surface area contributed by atoms with Crippen molar-refractivity contribution in [1.29, 1.82) is 0 Å². The van der Waals surface area contributed by atoms with Gasteiger partial charge in [0.25, 0.3) is 0 Å². The van der Waals surface area contributed by atoms with Crippen molar-refractivity contribution < 1.29 is 4.55 Å². The highest BCUT2D eigenvalue weighted by Gasteiger charge is 2.14. The number of anilines is 1. The standard InChI is InChI=1S/C11H12BrN3OS/c1-8-11(7-13-15(8)2)14-17(16)10-5-3-9(12)4-6-10/h3-7,14H,1-2H3. The van der Waals surface area contributed by atoms with E-state index in [1.807, 2.05) is 38.2 Å². The first kappa shape index (κ1) is 12.5. The second kappa shape index (κ2) is 5.12. The Morgan fingerprint density at radius 3 is 2.53 bits per heavy atom. The quantitative estimate of drug-likeness (QED) is 0.886. The van der Waals surface area contributed by atoms with Gasteiger partial charge in [0.15, 0.2) is 4.90 Å². The van der Waals surface area contributed by atoms with Gasteiger partial charge in [0, 0.05) is 11.5 Å². The average molecular weight is 314 g/mol. The Morgan fingerprint density at radius 1 is 1.35 bits per heavy atom. The van der Waals surface area contributed by atoms with Crippen LogP contribution in [0.4, 0.5) is 5.69 Å². The first-order valence-corrected chi connectivity index (χ1v) is 6.95. The Bertz CT molecular complexity index is 512. The lowest BCUT2D eigenvalue weighted by atomic mass is 10.4. The van der Waals surface area contributed by atoms with Crippen molar-refractivity contribution in [2.45, 2.75) is 11.8 Å². The molecule has 0 aliphatic heterocycles. The normalized spacial score (nSPS) is 12.5. The third-order valence-electron chi connectivity index (χ3n) is 2.47. The van der Waals surface area contributed by atoms with E-state index in [1.54, 1.807) is 10.9 Å². The van der Waals surface area contributed by atoms with Gasteiger partial charge in [0.1, 0.15) is 17.0 Å². The van der Waals surface area contributed by atoms with Gasteiger partial charge >= 0.3 is 0 Å². The molecule has 1 N–H and O–H groups in total. The predicted octanol–water partition coefficient (Wildman–Crippen LogP) is 2.63. The molecule has 2 rings (SSSR count). The number of nitrogens with zero attached hydrogens (tertiary/aromatic N) is 2. The summed E-state index contributed by atoms with van der Waals surface area (Å²) in [6.45, 7) is 1.92. The van der Waals surface area contributed by atoms with Crippen LogP contribution in [0.15, 0.2) is 39.8 Å². The maximum Gasteiger partial charge on any atom is 0.179 e. The molecule has 0 saturated heterocycles. The highest BCUT2D eigenvalue weighted by atomic mass is 79.9. The minimum absolute atomic E-state index is 0.733. The molecule has 0 spiro atoms. The number of aryl methyl sites for hydroxylation is 1. The summed E-state index contributed by atoms with van der Waals surface area (Å²) in [7, 11) is 1.85. The zero-order valence-electron chi connectivity index (χ0n) is 9.48. The van der Waals surface area contributed by atoms with Gasteiger partial charge in [0.05, 0.1) is 11.9 Å². The van der Waals surface area contributed by atoms with Crippen molar-refractivity contribution in [3.8, 4) is 0 Å². The number of rotatable bonds is 3. The largest absolute Gasteiger partial charge is 0.588 e. The molecular weight excluding hydrogens is 302 g/mol. The molecule has 1 atom stereocenters. The second-order valence-corrected chi connectivity index (χ2v) is 5.72. The van der Waals surface area contributed by atoms with Gasteiger partial charge in [-0.05, 0) is 31.2 Å². The summed E-state index contributed by atoms with van der Waals surface area (Å²) in [5, 5.41) is 4.09. The molecule has 2 aromatic rings. The second-order valence-electron chi connectivity index (χ2n) is 3.59. The van der Waals surface area contributed by atoms with E-state index in [9.17, 15) is 4.55 Å². The number of nitrogens with one attached hydrogen (secondary N) is 1. The van der Waals surface area contributed by atoms with Crippen LogP contribution in [0.5, 0.6) is 0 Å². The molecule has 0 saturated carbocycles. The lowest BCUT2D eigenvalue weighted by molar-refractivity contribution is 0.600. The molecule has 1 heterocycles. The van der Waals surface area contributed by atoms with Crippen molar-refractivity contribution in [1.82, 2.24) is 9.78 Å². The minimum Gasteiger partial charge on any atom is -0.588 e. The minimum atomic E-state index is -1.26. The molecule has 0 amide bonds. The topological polar surface area (TPSA) is 52.9 Å². The van der Waals surface area contributed by atoms with E-state index in [2.05, 4.69) is 25.8 Å².